The van der Waals surface area contributed by atoms with Gasteiger partial charge in [-0.05, 0) is 84.9 Å². The number of aryl methyl sites for hydroxylation is 1. The van der Waals surface area contributed by atoms with Crippen LogP contribution in [0.2, 0.25) is 0 Å². The molecule has 0 bridgehead atoms. The van der Waals surface area contributed by atoms with Crippen LogP contribution in [0.5, 0.6) is 11.5 Å². The van der Waals surface area contributed by atoms with Crippen LogP contribution in [0.15, 0.2) is 91.0 Å². The van der Waals surface area contributed by atoms with Crippen LogP contribution < -0.4 is 20.1 Å². The van der Waals surface area contributed by atoms with Crippen molar-refractivity contribution in [3.8, 4) is 11.5 Å². The summed E-state index contributed by atoms with van der Waals surface area (Å²) in [4.78, 5) is 44.9. The van der Waals surface area contributed by atoms with Gasteiger partial charge in [0.05, 0.1) is 42.2 Å². The number of fused-ring (bicyclic) bond motifs is 2. The lowest BCUT2D eigenvalue weighted by Crippen LogP contribution is -2.26. The predicted octanol–water partition coefficient (Wildman–Crippen LogP) is 7.16. The van der Waals surface area contributed by atoms with Crippen LogP contribution in [0.3, 0.4) is 0 Å². The molecule has 1 heterocycles. The number of methoxy groups -OCH3 is 2. The Bertz CT molecular complexity index is 2070. The first-order chi connectivity index (χ1) is 23.8. The molecule has 0 saturated carbocycles. The van der Waals surface area contributed by atoms with Crippen LogP contribution in [-0.4, -0.2) is 43.6 Å². The van der Waals surface area contributed by atoms with Crippen LogP contribution in [0, 0.1) is 6.92 Å². The Labute approximate surface area is 284 Å². The predicted molar refractivity (Wildman–Crippen MR) is 190 cm³/mol. The number of benzene rings is 4. The summed E-state index contributed by atoms with van der Waals surface area (Å²) in [6, 6.07) is 27.7. The lowest BCUT2D eigenvalue weighted by atomic mass is 9.86. The number of aromatic nitrogens is 1. The molecule has 1 aliphatic rings. The maximum absolute atomic E-state index is 13.8. The van der Waals surface area contributed by atoms with Crippen molar-refractivity contribution < 1.29 is 28.6 Å². The first kappa shape index (κ1) is 33.0. The number of para-hydroxylation sites is 2. The summed E-state index contributed by atoms with van der Waals surface area (Å²) < 4.78 is 16.5. The topological polar surface area (TPSA) is 116 Å². The number of allylic oxidation sites excluding steroid dienone is 1. The van der Waals surface area contributed by atoms with Crippen LogP contribution in [0.4, 0.5) is 5.69 Å². The summed E-state index contributed by atoms with van der Waals surface area (Å²) in [5.74, 6) is -0.251. The molecule has 0 unspecified atom stereocenters. The second-order valence-electron chi connectivity index (χ2n) is 11.8. The van der Waals surface area contributed by atoms with Crippen LogP contribution in [0.25, 0.3) is 22.6 Å². The zero-order valence-corrected chi connectivity index (χ0v) is 27.7. The number of carbonyl (C=O) groups is 3. The molecule has 0 saturated heterocycles. The van der Waals surface area contributed by atoms with Crippen molar-refractivity contribution in [1.29, 1.82) is 0 Å². The van der Waals surface area contributed by atoms with E-state index in [1.807, 2.05) is 73.7 Å². The highest BCUT2D eigenvalue weighted by atomic mass is 16.5. The van der Waals surface area contributed by atoms with E-state index in [1.165, 1.54) is 0 Å². The second kappa shape index (κ2) is 14.9. The Morgan fingerprint density at radius 3 is 2.41 bits per heavy atom. The zero-order valence-electron chi connectivity index (χ0n) is 27.7. The van der Waals surface area contributed by atoms with E-state index in [2.05, 4.69) is 16.7 Å². The minimum Gasteiger partial charge on any atom is -0.493 e. The molecular formula is C40H37N3O6. The van der Waals surface area contributed by atoms with E-state index in [0.29, 0.717) is 52.2 Å². The van der Waals surface area contributed by atoms with E-state index in [4.69, 9.17) is 19.2 Å². The smallest absolute Gasteiger partial charge is 0.339 e. The van der Waals surface area contributed by atoms with Crippen molar-refractivity contribution in [2.75, 3.05) is 26.1 Å². The number of rotatable bonds is 10. The number of nitrogens with zero attached hydrogens (tertiary/aromatic N) is 1. The van der Waals surface area contributed by atoms with Gasteiger partial charge in [0.15, 0.2) is 18.1 Å². The fourth-order valence-electron chi connectivity index (χ4n) is 6.02. The molecule has 0 aliphatic heterocycles. The maximum Gasteiger partial charge on any atom is 0.339 e. The van der Waals surface area contributed by atoms with Crippen LogP contribution >= 0.6 is 0 Å². The summed E-state index contributed by atoms with van der Waals surface area (Å²) >= 11 is 0. The Morgan fingerprint density at radius 1 is 0.857 bits per heavy atom. The van der Waals surface area contributed by atoms with Gasteiger partial charge < -0.3 is 24.8 Å². The molecule has 0 atom stereocenters. The number of esters is 1. The van der Waals surface area contributed by atoms with Crippen molar-refractivity contribution in [3.05, 3.63) is 130 Å². The van der Waals surface area contributed by atoms with Crippen molar-refractivity contribution in [3.63, 3.8) is 0 Å². The van der Waals surface area contributed by atoms with Crippen molar-refractivity contribution in [2.24, 2.45) is 0 Å². The Hall–Kier alpha value is -5.96. The molecule has 2 N–H and O–H groups in total. The summed E-state index contributed by atoms with van der Waals surface area (Å²) in [5.41, 5.74) is 7.21. The lowest BCUT2D eigenvalue weighted by molar-refractivity contribution is -0.119. The number of anilines is 1. The standard InChI is InChI=1S/C40H37N3O6/c1-25-15-17-26(18-16-25)23-41-39(45)30-11-5-7-14-33(30)42-36(44)24-49-40(46)37-29-10-4-6-13-32(29)43-38-28(9-8-12-31(37)38)21-27-19-20-34(47-2)35(22-27)48-3/h4-7,10-11,13-22H,8-9,12,23-24H2,1-3H3,(H,41,45)(H,42,44)/b28-21-. The van der Waals surface area contributed by atoms with Gasteiger partial charge in [0, 0.05) is 11.9 Å². The van der Waals surface area contributed by atoms with Gasteiger partial charge in [0.2, 0.25) is 0 Å². The Kier molecular flexibility index (Phi) is 9.99. The second-order valence-corrected chi connectivity index (χ2v) is 11.8. The molecular weight excluding hydrogens is 618 g/mol. The van der Waals surface area contributed by atoms with E-state index in [9.17, 15) is 14.4 Å². The van der Waals surface area contributed by atoms with E-state index in [0.717, 1.165) is 46.4 Å². The number of hydrogen-bond donors (Lipinski definition) is 2. The van der Waals surface area contributed by atoms with Crippen molar-refractivity contribution >= 4 is 46.0 Å². The van der Waals surface area contributed by atoms with Gasteiger partial charge in [-0.3, -0.25) is 9.59 Å². The molecule has 9 heteroatoms. The minimum atomic E-state index is -0.610. The molecule has 1 aliphatic carbocycles. The molecule has 9 nitrogen and oxygen atoms in total. The van der Waals surface area contributed by atoms with Crippen LogP contribution in [-0.2, 0) is 22.5 Å². The average molecular weight is 656 g/mol. The summed E-state index contributed by atoms with van der Waals surface area (Å²) in [7, 11) is 3.19. The molecule has 49 heavy (non-hydrogen) atoms. The Morgan fingerprint density at radius 2 is 1.61 bits per heavy atom. The quantitative estimate of drug-likeness (QED) is 0.153. The lowest BCUT2D eigenvalue weighted by Gasteiger charge is -2.22. The number of hydrogen-bond acceptors (Lipinski definition) is 7. The molecule has 0 radical (unpaired) electrons. The third kappa shape index (κ3) is 7.46. The number of nitrogens with one attached hydrogen (secondary N) is 2. The van der Waals surface area contributed by atoms with Crippen molar-refractivity contribution in [1.82, 2.24) is 10.3 Å². The highest BCUT2D eigenvalue weighted by molar-refractivity contribution is 6.08. The normalized spacial score (nSPS) is 13.0. The van der Waals surface area contributed by atoms with Gasteiger partial charge in [-0.2, -0.15) is 0 Å². The van der Waals surface area contributed by atoms with E-state index >= 15 is 0 Å². The third-order valence-electron chi connectivity index (χ3n) is 8.48. The van der Waals surface area contributed by atoms with Gasteiger partial charge in [-0.25, -0.2) is 9.78 Å². The average Bonchev–Trinajstić information content (AvgIpc) is 3.13. The van der Waals surface area contributed by atoms with E-state index < -0.39 is 18.5 Å². The van der Waals surface area contributed by atoms with E-state index in [1.54, 1.807) is 38.5 Å². The molecule has 1 aromatic heterocycles. The van der Waals surface area contributed by atoms with Gasteiger partial charge in [-0.1, -0.05) is 66.2 Å². The fraction of sp³-hybridized carbons (Fsp3) is 0.200. The number of pyridine rings is 1. The molecule has 0 spiro atoms. The largest absolute Gasteiger partial charge is 0.493 e. The molecule has 6 rings (SSSR count). The molecule has 248 valence electrons. The highest BCUT2D eigenvalue weighted by Crippen LogP contribution is 2.37. The van der Waals surface area contributed by atoms with E-state index in [-0.39, 0.29) is 5.91 Å². The SMILES string of the molecule is COc1ccc(/C=C2/CCCc3c2nc2ccccc2c3C(=O)OCC(=O)Nc2ccccc2C(=O)NCc2ccc(C)cc2)cc1OC. The minimum absolute atomic E-state index is 0.303. The molecule has 0 fully saturated rings. The van der Waals surface area contributed by atoms with Gasteiger partial charge in [0.25, 0.3) is 11.8 Å². The number of ether oxygens (including phenoxy) is 3. The third-order valence-corrected chi connectivity index (χ3v) is 8.48. The molecule has 4 aromatic carbocycles. The Balaban J connectivity index is 1.20. The first-order valence-corrected chi connectivity index (χ1v) is 16.1. The first-order valence-electron chi connectivity index (χ1n) is 16.1. The highest BCUT2D eigenvalue weighted by Gasteiger charge is 2.27. The zero-order chi connectivity index (χ0) is 34.3. The van der Waals surface area contributed by atoms with Gasteiger partial charge >= 0.3 is 5.97 Å². The summed E-state index contributed by atoms with van der Waals surface area (Å²) in [5, 5.41) is 6.30. The summed E-state index contributed by atoms with van der Waals surface area (Å²) in [6.45, 7) is 1.81. The monoisotopic (exact) mass is 655 g/mol. The fourth-order valence-corrected chi connectivity index (χ4v) is 6.02. The molecule has 5 aromatic rings. The summed E-state index contributed by atoms with van der Waals surface area (Å²) in [6.07, 6.45) is 4.29. The number of carbonyl (C=O) groups excluding carboxylic acids is 3. The maximum atomic E-state index is 13.8. The molecule has 2 amide bonds. The van der Waals surface area contributed by atoms with Gasteiger partial charge in [-0.15, -0.1) is 0 Å². The van der Waals surface area contributed by atoms with Crippen LogP contribution in [0.1, 0.15) is 61.5 Å². The van der Waals surface area contributed by atoms with Gasteiger partial charge in [0.1, 0.15) is 0 Å². The number of amides is 2. The van der Waals surface area contributed by atoms with Crippen molar-refractivity contribution in [2.45, 2.75) is 32.7 Å².